The second kappa shape index (κ2) is 13.0. The van der Waals surface area contributed by atoms with Gasteiger partial charge in [-0.15, -0.1) is 0 Å². The molecular weight excluding hydrogens is 566 g/mol. The first-order valence-electron chi connectivity index (χ1n) is 11.8. The fourth-order valence-electron chi connectivity index (χ4n) is 3.62. The standard InChI is InChI=1S/C25H30Cl2F3N3O4S/c1-5-16(3)31-24(35)21(6-2)32(14-17-7-10-19(26)11-8-17)23(34)15-33(38(4,36)37)22-13-18(25(28,29)30)9-12-20(22)27/h7-13,16,21H,5-6,14-15H2,1-4H3,(H,31,35). The molecule has 0 heterocycles. The number of rotatable bonds is 11. The maximum atomic E-state index is 13.6. The van der Waals surface area contributed by atoms with Crippen molar-refractivity contribution in [2.45, 2.75) is 58.4 Å². The summed E-state index contributed by atoms with van der Waals surface area (Å²) in [5.74, 6) is -1.24. The molecule has 0 bridgehead atoms. The first-order chi connectivity index (χ1) is 17.6. The Morgan fingerprint density at radius 3 is 2.13 bits per heavy atom. The molecule has 0 fully saturated rings. The van der Waals surface area contributed by atoms with Gasteiger partial charge in [-0.3, -0.25) is 13.9 Å². The molecule has 7 nitrogen and oxygen atoms in total. The normalized spacial score (nSPS) is 13.5. The van der Waals surface area contributed by atoms with Gasteiger partial charge in [0.15, 0.2) is 0 Å². The van der Waals surface area contributed by atoms with Gasteiger partial charge in [0, 0.05) is 17.6 Å². The number of halogens is 5. The molecule has 38 heavy (non-hydrogen) atoms. The van der Waals surface area contributed by atoms with Gasteiger partial charge in [0.2, 0.25) is 21.8 Å². The smallest absolute Gasteiger partial charge is 0.352 e. The fourth-order valence-corrected chi connectivity index (χ4v) is 4.87. The number of benzene rings is 2. The maximum absolute atomic E-state index is 13.6. The van der Waals surface area contributed by atoms with Crippen molar-refractivity contribution < 1.29 is 31.2 Å². The molecule has 2 aromatic rings. The summed E-state index contributed by atoms with van der Waals surface area (Å²) in [6.45, 7) is 4.43. The fraction of sp³-hybridized carbons (Fsp3) is 0.440. The van der Waals surface area contributed by atoms with E-state index in [1.807, 2.05) is 6.92 Å². The highest BCUT2D eigenvalue weighted by Gasteiger charge is 2.35. The number of nitrogens with one attached hydrogen (secondary N) is 1. The Labute approximate surface area is 230 Å². The van der Waals surface area contributed by atoms with Crippen LogP contribution in [0.2, 0.25) is 10.0 Å². The van der Waals surface area contributed by atoms with Crippen LogP contribution in [-0.4, -0.2) is 50.0 Å². The van der Waals surface area contributed by atoms with Gasteiger partial charge in [0.05, 0.1) is 22.5 Å². The van der Waals surface area contributed by atoms with Crippen molar-refractivity contribution in [3.05, 3.63) is 63.6 Å². The molecule has 0 aliphatic carbocycles. The van der Waals surface area contributed by atoms with Crippen LogP contribution in [-0.2, 0) is 32.3 Å². The van der Waals surface area contributed by atoms with Crippen molar-refractivity contribution in [2.24, 2.45) is 0 Å². The summed E-state index contributed by atoms with van der Waals surface area (Å²) in [5.41, 5.74) is -1.02. The predicted octanol–water partition coefficient (Wildman–Crippen LogP) is 5.50. The molecule has 0 spiro atoms. The molecule has 1 N–H and O–H groups in total. The van der Waals surface area contributed by atoms with Crippen molar-refractivity contribution in [2.75, 3.05) is 17.1 Å². The van der Waals surface area contributed by atoms with Crippen molar-refractivity contribution in [3.8, 4) is 0 Å². The van der Waals surface area contributed by atoms with E-state index in [0.717, 1.165) is 12.3 Å². The summed E-state index contributed by atoms with van der Waals surface area (Å²) in [4.78, 5) is 27.9. The summed E-state index contributed by atoms with van der Waals surface area (Å²) in [6.07, 6.45) is -3.17. The van der Waals surface area contributed by atoms with E-state index in [2.05, 4.69) is 5.32 Å². The van der Waals surface area contributed by atoms with Crippen molar-refractivity contribution >= 4 is 50.7 Å². The van der Waals surface area contributed by atoms with Crippen LogP contribution < -0.4 is 9.62 Å². The second-order valence-electron chi connectivity index (χ2n) is 8.82. The van der Waals surface area contributed by atoms with Crippen molar-refractivity contribution in [1.29, 1.82) is 0 Å². The lowest BCUT2D eigenvalue weighted by Crippen LogP contribution is -2.53. The van der Waals surface area contributed by atoms with E-state index in [1.165, 1.54) is 4.90 Å². The van der Waals surface area contributed by atoms with Crippen molar-refractivity contribution in [1.82, 2.24) is 10.2 Å². The zero-order chi connectivity index (χ0) is 28.8. The summed E-state index contributed by atoms with van der Waals surface area (Å²) >= 11 is 12.1. The summed E-state index contributed by atoms with van der Waals surface area (Å²) < 4.78 is 65.9. The average molecular weight is 596 g/mol. The Morgan fingerprint density at radius 1 is 1.03 bits per heavy atom. The summed E-state index contributed by atoms with van der Waals surface area (Å²) in [6, 6.07) is 7.56. The van der Waals surface area contributed by atoms with Gasteiger partial charge in [0.25, 0.3) is 0 Å². The number of sulfonamides is 1. The molecule has 2 amide bonds. The Bertz CT molecular complexity index is 1240. The highest BCUT2D eigenvalue weighted by Crippen LogP contribution is 2.36. The second-order valence-corrected chi connectivity index (χ2v) is 11.6. The Balaban J connectivity index is 2.54. The number of anilines is 1. The Hall–Kier alpha value is -2.50. The van der Waals surface area contributed by atoms with E-state index in [-0.39, 0.29) is 24.0 Å². The summed E-state index contributed by atoms with van der Waals surface area (Å²) in [7, 11) is -4.27. The molecule has 2 rings (SSSR count). The number of carbonyl (C=O) groups is 2. The number of hydrogen-bond donors (Lipinski definition) is 1. The van der Waals surface area contributed by atoms with E-state index >= 15 is 0 Å². The molecule has 210 valence electrons. The van der Waals surface area contributed by atoms with Crippen LogP contribution in [0, 0.1) is 0 Å². The minimum Gasteiger partial charge on any atom is -0.352 e. The molecule has 0 aromatic heterocycles. The largest absolute Gasteiger partial charge is 0.416 e. The Kier molecular flexibility index (Phi) is 10.9. The molecule has 2 atom stereocenters. The molecule has 0 saturated heterocycles. The molecular formula is C25H30Cl2F3N3O4S. The van der Waals surface area contributed by atoms with Gasteiger partial charge in [-0.05, 0) is 55.7 Å². The topological polar surface area (TPSA) is 86.8 Å². The molecule has 13 heteroatoms. The van der Waals surface area contributed by atoms with E-state index in [9.17, 15) is 31.2 Å². The average Bonchev–Trinajstić information content (AvgIpc) is 2.82. The van der Waals surface area contributed by atoms with Crippen LogP contribution in [0.3, 0.4) is 0 Å². The maximum Gasteiger partial charge on any atom is 0.416 e. The zero-order valence-corrected chi connectivity index (χ0v) is 23.7. The lowest BCUT2D eigenvalue weighted by atomic mass is 10.1. The molecule has 2 aromatic carbocycles. The number of hydrogen-bond acceptors (Lipinski definition) is 4. The van der Waals surface area contributed by atoms with Crippen LogP contribution >= 0.6 is 23.2 Å². The van der Waals surface area contributed by atoms with Gasteiger partial charge >= 0.3 is 6.18 Å². The highest BCUT2D eigenvalue weighted by molar-refractivity contribution is 7.92. The predicted molar refractivity (Wildman–Crippen MR) is 143 cm³/mol. The number of nitrogens with zero attached hydrogens (tertiary/aromatic N) is 2. The highest BCUT2D eigenvalue weighted by atomic mass is 35.5. The number of amides is 2. The minimum atomic E-state index is -4.77. The van der Waals surface area contributed by atoms with E-state index < -0.39 is 51.9 Å². The third kappa shape index (κ3) is 8.51. The SMILES string of the molecule is CCC(C)NC(=O)C(CC)N(Cc1ccc(Cl)cc1)C(=O)CN(c1cc(C(F)(F)F)ccc1Cl)S(C)(=O)=O. The van der Waals surface area contributed by atoms with Gasteiger partial charge < -0.3 is 10.2 Å². The molecule has 0 aliphatic rings. The third-order valence-electron chi connectivity index (χ3n) is 5.87. The van der Waals surface area contributed by atoms with Crippen LogP contribution in [0.4, 0.5) is 18.9 Å². The van der Waals surface area contributed by atoms with Gasteiger partial charge in [0.1, 0.15) is 12.6 Å². The first kappa shape index (κ1) is 31.7. The van der Waals surface area contributed by atoms with E-state index in [0.29, 0.717) is 33.4 Å². The third-order valence-corrected chi connectivity index (χ3v) is 7.57. The lowest BCUT2D eigenvalue weighted by Gasteiger charge is -2.33. The monoisotopic (exact) mass is 595 g/mol. The molecule has 0 saturated carbocycles. The molecule has 0 aliphatic heterocycles. The van der Waals surface area contributed by atoms with Crippen LogP contribution in [0.25, 0.3) is 0 Å². The quantitative estimate of drug-likeness (QED) is 0.371. The first-order valence-corrected chi connectivity index (χ1v) is 14.4. The number of alkyl halides is 3. The minimum absolute atomic E-state index is 0.0731. The molecule has 0 radical (unpaired) electrons. The van der Waals surface area contributed by atoms with Gasteiger partial charge in [-0.25, -0.2) is 8.42 Å². The summed E-state index contributed by atoms with van der Waals surface area (Å²) in [5, 5.41) is 2.99. The lowest BCUT2D eigenvalue weighted by molar-refractivity contribution is -0.140. The van der Waals surface area contributed by atoms with Gasteiger partial charge in [-0.2, -0.15) is 13.2 Å². The molecule has 2 unspecified atom stereocenters. The van der Waals surface area contributed by atoms with E-state index in [1.54, 1.807) is 38.1 Å². The van der Waals surface area contributed by atoms with Crippen LogP contribution in [0.1, 0.15) is 44.7 Å². The van der Waals surface area contributed by atoms with Crippen LogP contribution in [0.15, 0.2) is 42.5 Å². The van der Waals surface area contributed by atoms with Crippen LogP contribution in [0.5, 0.6) is 0 Å². The zero-order valence-electron chi connectivity index (χ0n) is 21.4. The van der Waals surface area contributed by atoms with E-state index in [4.69, 9.17) is 23.2 Å². The van der Waals surface area contributed by atoms with Gasteiger partial charge in [-0.1, -0.05) is 49.2 Å². The Morgan fingerprint density at radius 2 is 1.63 bits per heavy atom. The number of carbonyl (C=O) groups excluding carboxylic acids is 2. The van der Waals surface area contributed by atoms with Crippen molar-refractivity contribution in [3.63, 3.8) is 0 Å².